The molecule has 0 spiro atoms. The zero-order valence-corrected chi connectivity index (χ0v) is 17.6. The number of aliphatic hydroxyl groups excluding tert-OH is 3. The van der Waals surface area contributed by atoms with Crippen LogP contribution in [0.4, 0.5) is 0 Å². The lowest BCUT2D eigenvalue weighted by atomic mass is 10.0. The van der Waals surface area contributed by atoms with Gasteiger partial charge in [-0.05, 0) is 16.7 Å². The van der Waals surface area contributed by atoms with E-state index in [1.165, 1.54) is 0 Å². The summed E-state index contributed by atoms with van der Waals surface area (Å²) in [5.41, 5.74) is 3.22. The Balaban J connectivity index is 1.94. The van der Waals surface area contributed by atoms with Crippen LogP contribution in [0.2, 0.25) is 0 Å². The van der Waals surface area contributed by atoms with E-state index >= 15 is 0 Å². The van der Waals surface area contributed by atoms with E-state index in [0.717, 1.165) is 18.8 Å². The van der Waals surface area contributed by atoms with Crippen molar-refractivity contribution in [3.05, 3.63) is 144 Å². The molecule has 0 amide bonds. The first kappa shape index (κ1) is 21.5. The maximum absolute atomic E-state index is 10.0. The Labute approximate surface area is 191 Å². The molecular formula is C27H21N3O3. The third-order valence-corrected chi connectivity index (χ3v) is 5.00. The standard InChI is InChI=1S/C27H21N3O3/c31-16-22(19-10-4-1-5-11-19)25-28-26(23(17-32)20-12-6-2-7-13-20)30-27(29-25)24(18-33)21-14-8-3-9-15-21/h1-18,31-33H/b22-16+,23-17+,24-18+. The van der Waals surface area contributed by atoms with Gasteiger partial charge in [0, 0.05) is 0 Å². The van der Waals surface area contributed by atoms with Gasteiger partial charge in [-0.25, -0.2) is 15.0 Å². The highest BCUT2D eigenvalue weighted by atomic mass is 16.2. The molecular weight excluding hydrogens is 414 g/mol. The van der Waals surface area contributed by atoms with Crippen molar-refractivity contribution in [2.75, 3.05) is 0 Å². The fourth-order valence-electron chi connectivity index (χ4n) is 3.37. The van der Waals surface area contributed by atoms with Gasteiger partial charge in [-0.2, -0.15) is 0 Å². The van der Waals surface area contributed by atoms with Crippen LogP contribution >= 0.6 is 0 Å². The van der Waals surface area contributed by atoms with Gasteiger partial charge in [-0.3, -0.25) is 0 Å². The fourth-order valence-corrected chi connectivity index (χ4v) is 3.37. The number of aliphatic hydroxyl groups is 3. The van der Waals surface area contributed by atoms with Crippen LogP contribution < -0.4 is 0 Å². The van der Waals surface area contributed by atoms with E-state index in [9.17, 15) is 15.3 Å². The molecule has 0 radical (unpaired) electrons. The zero-order valence-electron chi connectivity index (χ0n) is 17.6. The maximum atomic E-state index is 10.0. The molecule has 0 bridgehead atoms. The smallest absolute Gasteiger partial charge is 0.167 e. The van der Waals surface area contributed by atoms with Gasteiger partial charge in [0.2, 0.25) is 0 Å². The summed E-state index contributed by atoms with van der Waals surface area (Å²) in [7, 11) is 0. The third kappa shape index (κ3) is 4.65. The van der Waals surface area contributed by atoms with E-state index in [1.54, 1.807) is 0 Å². The Hall–Kier alpha value is -4.71. The largest absolute Gasteiger partial charge is 0.515 e. The molecule has 6 heteroatoms. The summed E-state index contributed by atoms with van der Waals surface area (Å²) in [6.07, 6.45) is 2.82. The average Bonchev–Trinajstić information content (AvgIpc) is 2.87. The van der Waals surface area contributed by atoms with Gasteiger partial charge < -0.3 is 15.3 Å². The van der Waals surface area contributed by atoms with Gasteiger partial charge in [-0.1, -0.05) is 91.0 Å². The Bertz CT molecular complexity index is 1140. The van der Waals surface area contributed by atoms with Crippen molar-refractivity contribution in [2.24, 2.45) is 0 Å². The van der Waals surface area contributed by atoms with E-state index in [2.05, 4.69) is 15.0 Å². The molecule has 3 N–H and O–H groups in total. The quantitative estimate of drug-likeness (QED) is 0.335. The highest BCUT2D eigenvalue weighted by molar-refractivity contribution is 5.81. The lowest BCUT2D eigenvalue weighted by Crippen LogP contribution is -2.09. The second-order valence-electron chi connectivity index (χ2n) is 7.03. The Morgan fingerprint density at radius 3 is 0.879 bits per heavy atom. The second-order valence-corrected chi connectivity index (χ2v) is 7.03. The topological polar surface area (TPSA) is 99.4 Å². The zero-order chi connectivity index (χ0) is 23.0. The molecule has 162 valence electrons. The van der Waals surface area contributed by atoms with Gasteiger partial charge in [0.15, 0.2) is 17.5 Å². The summed E-state index contributed by atoms with van der Waals surface area (Å²) >= 11 is 0. The summed E-state index contributed by atoms with van der Waals surface area (Å²) in [5.74, 6) is 0.567. The van der Waals surface area contributed by atoms with Crippen molar-refractivity contribution in [3.8, 4) is 0 Å². The Morgan fingerprint density at radius 1 is 0.424 bits per heavy atom. The van der Waals surface area contributed by atoms with Gasteiger partial charge in [0.25, 0.3) is 0 Å². The van der Waals surface area contributed by atoms with Crippen LogP contribution in [0.1, 0.15) is 34.2 Å². The van der Waals surface area contributed by atoms with Gasteiger partial charge in [-0.15, -0.1) is 0 Å². The molecule has 0 saturated heterocycles. The number of hydrogen-bond donors (Lipinski definition) is 3. The molecule has 3 aromatic carbocycles. The molecule has 6 nitrogen and oxygen atoms in total. The number of nitrogens with zero attached hydrogens (tertiary/aromatic N) is 3. The van der Waals surface area contributed by atoms with Crippen molar-refractivity contribution in [1.82, 2.24) is 15.0 Å². The monoisotopic (exact) mass is 435 g/mol. The lowest BCUT2D eigenvalue weighted by Gasteiger charge is -2.13. The molecule has 0 atom stereocenters. The van der Waals surface area contributed by atoms with Crippen LogP contribution in [0, 0.1) is 0 Å². The molecule has 0 unspecified atom stereocenters. The first-order valence-corrected chi connectivity index (χ1v) is 10.2. The van der Waals surface area contributed by atoms with Crippen LogP contribution in [0.5, 0.6) is 0 Å². The molecule has 0 saturated carbocycles. The minimum atomic E-state index is 0.189. The molecule has 0 aliphatic rings. The summed E-state index contributed by atoms with van der Waals surface area (Å²) < 4.78 is 0. The number of rotatable bonds is 6. The maximum Gasteiger partial charge on any atom is 0.167 e. The van der Waals surface area contributed by atoms with Gasteiger partial charge in [0.05, 0.1) is 35.5 Å². The van der Waals surface area contributed by atoms with Crippen LogP contribution in [0.3, 0.4) is 0 Å². The SMILES string of the molecule is O/C=C(\c1ccccc1)c1nc(/C(=C/O)c2ccccc2)nc(/C(=C/O)c2ccccc2)n1. The van der Waals surface area contributed by atoms with Crippen LogP contribution in [-0.2, 0) is 0 Å². The molecule has 4 aromatic rings. The first-order valence-electron chi connectivity index (χ1n) is 10.2. The molecule has 1 aromatic heterocycles. The average molecular weight is 435 g/mol. The number of benzene rings is 3. The number of hydrogen-bond acceptors (Lipinski definition) is 6. The second kappa shape index (κ2) is 10.1. The van der Waals surface area contributed by atoms with E-state index < -0.39 is 0 Å². The van der Waals surface area contributed by atoms with Crippen LogP contribution in [-0.4, -0.2) is 30.3 Å². The van der Waals surface area contributed by atoms with E-state index in [1.807, 2.05) is 91.0 Å². The van der Waals surface area contributed by atoms with Crippen LogP contribution in [0.25, 0.3) is 16.7 Å². The van der Waals surface area contributed by atoms with Gasteiger partial charge >= 0.3 is 0 Å². The first-order chi connectivity index (χ1) is 16.2. The highest BCUT2D eigenvalue weighted by Gasteiger charge is 2.19. The summed E-state index contributed by atoms with van der Waals surface area (Å²) in [4.78, 5) is 13.7. The van der Waals surface area contributed by atoms with Gasteiger partial charge in [0.1, 0.15) is 0 Å². The minimum absolute atomic E-state index is 0.189. The fraction of sp³-hybridized carbons (Fsp3) is 0. The molecule has 0 fully saturated rings. The normalized spacial score (nSPS) is 12.5. The van der Waals surface area contributed by atoms with E-state index in [4.69, 9.17) is 0 Å². The molecule has 0 aliphatic heterocycles. The summed E-state index contributed by atoms with van der Waals surface area (Å²) in [6, 6.07) is 27.6. The van der Waals surface area contributed by atoms with Crippen molar-refractivity contribution in [1.29, 1.82) is 0 Å². The van der Waals surface area contributed by atoms with Crippen molar-refractivity contribution in [2.45, 2.75) is 0 Å². The third-order valence-electron chi connectivity index (χ3n) is 5.00. The predicted molar refractivity (Wildman–Crippen MR) is 128 cm³/mol. The Kier molecular flexibility index (Phi) is 6.56. The molecule has 1 heterocycles. The lowest BCUT2D eigenvalue weighted by molar-refractivity contribution is 0.475. The van der Waals surface area contributed by atoms with E-state index in [0.29, 0.717) is 33.4 Å². The number of aromatic nitrogens is 3. The molecule has 4 rings (SSSR count). The van der Waals surface area contributed by atoms with Crippen LogP contribution in [0.15, 0.2) is 110 Å². The Morgan fingerprint density at radius 2 is 0.667 bits per heavy atom. The van der Waals surface area contributed by atoms with Crippen molar-refractivity contribution < 1.29 is 15.3 Å². The molecule has 33 heavy (non-hydrogen) atoms. The highest BCUT2D eigenvalue weighted by Crippen LogP contribution is 2.27. The van der Waals surface area contributed by atoms with E-state index in [-0.39, 0.29) is 17.5 Å². The molecule has 0 aliphatic carbocycles. The predicted octanol–water partition coefficient (Wildman–Crippen LogP) is 5.71. The van der Waals surface area contributed by atoms with Crippen molar-refractivity contribution in [3.63, 3.8) is 0 Å². The minimum Gasteiger partial charge on any atom is -0.515 e. The van der Waals surface area contributed by atoms with Crippen molar-refractivity contribution >= 4 is 16.7 Å². The summed E-state index contributed by atoms with van der Waals surface area (Å²) in [6.45, 7) is 0. The summed E-state index contributed by atoms with van der Waals surface area (Å²) in [5, 5.41) is 30.1.